The molecule has 0 bridgehead atoms. The maximum Gasteiger partial charge on any atom is 0.336 e. The fraction of sp³-hybridized carbons (Fsp3) is 0.250. The topological polar surface area (TPSA) is 117 Å². The number of amides is 1. The minimum absolute atomic E-state index is 0.0170. The van der Waals surface area contributed by atoms with Crippen molar-refractivity contribution in [3.8, 4) is 17.0 Å². The Morgan fingerprint density at radius 3 is 2.30 bits per heavy atom. The number of hydrogen-bond donors (Lipinski definition) is 3. The zero-order valence-electron chi connectivity index (χ0n) is 19.0. The monoisotopic (exact) mass is 512 g/mol. The second-order valence-electron chi connectivity index (χ2n) is 8.63. The predicted octanol–water partition coefficient (Wildman–Crippen LogP) is 4.70. The molecule has 0 fully saturated rings. The van der Waals surface area contributed by atoms with Crippen molar-refractivity contribution in [3.05, 3.63) is 69.3 Å². The average Bonchev–Trinajstić information content (AvgIpc) is 3.04. The maximum atomic E-state index is 12.4. The van der Waals surface area contributed by atoms with Crippen molar-refractivity contribution in [2.45, 2.75) is 33.1 Å². The molecule has 1 amide bonds. The number of hydrogen-bond acceptors (Lipinski definition) is 5. The van der Waals surface area contributed by atoms with E-state index in [2.05, 4.69) is 52.3 Å². The zero-order chi connectivity index (χ0) is 24.5. The summed E-state index contributed by atoms with van der Waals surface area (Å²) in [6.45, 7) is 8.03. The number of aromatic carboxylic acids is 1. The van der Waals surface area contributed by atoms with Gasteiger partial charge in [0.15, 0.2) is 11.4 Å². The van der Waals surface area contributed by atoms with Crippen LogP contribution in [-0.4, -0.2) is 37.6 Å². The maximum absolute atomic E-state index is 12.4. The van der Waals surface area contributed by atoms with Crippen LogP contribution in [0.1, 0.15) is 59.7 Å². The van der Waals surface area contributed by atoms with Crippen molar-refractivity contribution in [1.82, 2.24) is 15.2 Å². The van der Waals surface area contributed by atoms with E-state index in [4.69, 9.17) is 5.11 Å². The van der Waals surface area contributed by atoms with E-state index in [1.54, 1.807) is 18.7 Å². The quantitative estimate of drug-likeness (QED) is 0.338. The molecule has 0 radical (unpaired) electrons. The van der Waals surface area contributed by atoms with Gasteiger partial charge in [0.05, 0.1) is 11.3 Å². The number of aryl methyl sites for hydroxylation is 1. The highest BCUT2D eigenvalue weighted by Gasteiger charge is 2.21. The predicted molar refractivity (Wildman–Crippen MR) is 130 cm³/mol. The van der Waals surface area contributed by atoms with Crippen LogP contribution in [0.4, 0.5) is 0 Å². The van der Waals surface area contributed by atoms with Crippen LogP contribution >= 0.6 is 15.9 Å². The standard InChI is InChI=1S/C24H25BrN4O4/c1-13(26-27-22(31)15-8-11-17(23(32)33)18(25)12-15)19-21(30)20(29(5)28-19)14-6-9-16(10-7-14)24(2,3)4/h6-12,30H,1-5H3,(H,27,31)(H,32,33)/b26-13-. The van der Waals surface area contributed by atoms with Gasteiger partial charge in [-0.05, 0) is 52.0 Å². The van der Waals surface area contributed by atoms with Crippen LogP contribution in [0.25, 0.3) is 11.3 Å². The fourth-order valence-electron chi connectivity index (χ4n) is 3.29. The number of benzene rings is 2. The van der Waals surface area contributed by atoms with E-state index < -0.39 is 11.9 Å². The Kier molecular flexibility index (Phi) is 6.73. The SMILES string of the molecule is C/C(=N/NC(=O)c1ccc(C(=O)O)c(Br)c1)c1nn(C)c(-c2ccc(C(C)(C)C)cc2)c1O. The van der Waals surface area contributed by atoms with Gasteiger partial charge in [0.1, 0.15) is 5.69 Å². The lowest BCUT2D eigenvalue weighted by Crippen LogP contribution is -2.19. The van der Waals surface area contributed by atoms with E-state index in [0.717, 1.165) is 5.56 Å². The van der Waals surface area contributed by atoms with Gasteiger partial charge in [0, 0.05) is 22.6 Å². The molecule has 0 aliphatic carbocycles. The van der Waals surface area contributed by atoms with E-state index in [1.807, 2.05) is 24.3 Å². The lowest BCUT2D eigenvalue weighted by molar-refractivity contribution is 0.0695. The van der Waals surface area contributed by atoms with Crippen LogP contribution in [0, 0.1) is 0 Å². The molecular formula is C24H25BrN4O4. The molecule has 33 heavy (non-hydrogen) atoms. The van der Waals surface area contributed by atoms with Crippen LogP contribution in [0.5, 0.6) is 5.75 Å². The van der Waals surface area contributed by atoms with Gasteiger partial charge in [-0.3, -0.25) is 9.48 Å². The van der Waals surface area contributed by atoms with Gasteiger partial charge in [-0.15, -0.1) is 0 Å². The third-order valence-electron chi connectivity index (χ3n) is 5.18. The molecule has 8 nitrogen and oxygen atoms in total. The largest absolute Gasteiger partial charge is 0.504 e. The number of nitrogens with zero attached hydrogens (tertiary/aromatic N) is 3. The van der Waals surface area contributed by atoms with Crippen LogP contribution < -0.4 is 5.43 Å². The summed E-state index contributed by atoms with van der Waals surface area (Å²) in [4.78, 5) is 23.5. The van der Waals surface area contributed by atoms with Crippen LogP contribution in [-0.2, 0) is 12.5 Å². The number of aromatic hydroxyl groups is 1. The molecule has 3 aromatic rings. The number of carboxylic acids is 1. The summed E-state index contributed by atoms with van der Waals surface area (Å²) < 4.78 is 1.85. The molecule has 0 unspecified atom stereocenters. The third kappa shape index (κ3) is 5.14. The minimum Gasteiger partial charge on any atom is -0.504 e. The third-order valence-corrected chi connectivity index (χ3v) is 5.83. The van der Waals surface area contributed by atoms with Crippen molar-refractivity contribution in [1.29, 1.82) is 0 Å². The molecule has 0 atom stereocenters. The minimum atomic E-state index is -1.10. The Morgan fingerprint density at radius 2 is 1.76 bits per heavy atom. The lowest BCUT2D eigenvalue weighted by Gasteiger charge is -2.19. The van der Waals surface area contributed by atoms with Gasteiger partial charge in [-0.25, -0.2) is 10.2 Å². The summed E-state index contributed by atoms with van der Waals surface area (Å²) in [5, 5.41) is 28.3. The van der Waals surface area contributed by atoms with Crippen molar-refractivity contribution in [2.75, 3.05) is 0 Å². The molecule has 0 aliphatic heterocycles. The number of hydrazone groups is 1. The fourth-order valence-corrected chi connectivity index (χ4v) is 3.84. The molecule has 1 heterocycles. The van der Waals surface area contributed by atoms with Gasteiger partial charge >= 0.3 is 5.97 Å². The van der Waals surface area contributed by atoms with Gasteiger partial charge < -0.3 is 10.2 Å². The Bertz CT molecular complexity index is 1250. The van der Waals surface area contributed by atoms with E-state index in [9.17, 15) is 14.7 Å². The van der Waals surface area contributed by atoms with E-state index in [1.165, 1.54) is 23.8 Å². The number of rotatable bonds is 5. The highest BCUT2D eigenvalue weighted by Crippen LogP contribution is 2.33. The number of carbonyl (C=O) groups is 2. The lowest BCUT2D eigenvalue weighted by atomic mass is 9.86. The Balaban J connectivity index is 1.83. The number of carbonyl (C=O) groups excluding carboxylic acids is 1. The van der Waals surface area contributed by atoms with Gasteiger partial charge in [-0.2, -0.15) is 10.2 Å². The Labute approximate surface area is 200 Å². The van der Waals surface area contributed by atoms with E-state index >= 15 is 0 Å². The molecule has 1 aromatic heterocycles. The summed E-state index contributed by atoms with van der Waals surface area (Å²) >= 11 is 3.15. The Morgan fingerprint density at radius 1 is 1.12 bits per heavy atom. The number of aromatic nitrogens is 2. The van der Waals surface area contributed by atoms with E-state index in [0.29, 0.717) is 11.4 Å². The van der Waals surface area contributed by atoms with E-state index in [-0.39, 0.29) is 32.5 Å². The molecule has 2 aromatic carbocycles. The molecule has 3 N–H and O–H groups in total. The van der Waals surface area contributed by atoms with Crippen molar-refractivity contribution in [3.63, 3.8) is 0 Å². The summed E-state index contributed by atoms with van der Waals surface area (Å²) in [5.41, 5.74) is 5.80. The molecule has 0 aliphatic rings. The second-order valence-corrected chi connectivity index (χ2v) is 9.49. The van der Waals surface area contributed by atoms with Gasteiger partial charge in [0.25, 0.3) is 5.91 Å². The molecule has 172 valence electrons. The first-order chi connectivity index (χ1) is 15.4. The van der Waals surface area contributed by atoms with Crippen LogP contribution in [0.15, 0.2) is 52.0 Å². The van der Waals surface area contributed by atoms with Crippen molar-refractivity contribution in [2.24, 2.45) is 12.1 Å². The molecule has 0 spiro atoms. The normalized spacial score (nSPS) is 12.0. The van der Waals surface area contributed by atoms with Crippen molar-refractivity contribution < 1.29 is 19.8 Å². The number of carboxylic acid groups (broad SMARTS) is 1. The molecule has 0 saturated heterocycles. The summed E-state index contributed by atoms with van der Waals surface area (Å²) in [6, 6.07) is 12.1. The summed E-state index contributed by atoms with van der Waals surface area (Å²) in [6.07, 6.45) is 0. The summed E-state index contributed by atoms with van der Waals surface area (Å²) in [5.74, 6) is -1.66. The van der Waals surface area contributed by atoms with Gasteiger partial charge in [0.2, 0.25) is 0 Å². The zero-order valence-corrected chi connectivity index (χ0v) is 20.6. The number of nitrogens with one attached hydrogen (secondary N) is 1. The van der Waals surface area contributed by atoms with Crippen molar-refractivity contribution >= 4 is 33.5 Å². The first kappa shape index (κ1) is 24.2. The van der Waals surface area contributed by atoms with Gasteiger partial charge in [-0.1, -0.05) is 45.0 Å². The summed E-state index contributed by atoms with van der Waals surface area (Å²) in [7, 11) is 1.73. The molecular weight excluding hydrogens is 488 g/mol. The van der Waals surface area contributed by atoms with Crippen LogP contribution in [0.2, 0.25) is 0 Å². The average molecular weight is 513 g/mol. The molecule has 9 heteroatoms. The van der Waals surface area contributed by atoms with Crippen LogP contribution in [0.3, 0.4) is 0 Å². The highest BCUT2D eigenvalue weighted by atomic mass is 79.9. The highest BCUT2D eigenvalue weighted by molar-refractivity contribution is 9.10. The molecule has 3 rings (SSSR count). The smallest absolute Gasteiger partial charge is 0.336 e. The first-order valence-corrected chi connectivity index (χ1v) is 10.9. The first-order valence-electron chi connectivity index (χ1n) is 10.1. The Hall–Kier alpha value is -3.46. The number of halogens is 1. The molecule has 0 saturated carbocycles. The second kappa shape index (κ2) is 9.19.